The van der Waals surface area contributed by atoms with Gasteiger partial charge in [-0.1, -0.05) is 59.2 Å². The average Bonchev–Trinajstić information content (AvgIpc) is 2.54. The smallest absolute Gasteiger partial charge is 0.234 e. The molecule has 0 saturated carbocycles. The van der Waals surface area contributed by atoms with Crippen molar-refractivity contribution >= 4 is 23.4 Å². The summed E-state index contributed by atoms with van der Waals surface area (Å²) in [6.07, 6.45) is 0. The SMILES string of the molecule is Cc1ccc(NC(=O)CSc2cc(C(C)(C)C)c(O)c(C(C)(C)C)c2)c(C)c1. The van der Waals surface area contributed by atoms with E-state index in [4.69, 9.17) is 0 Å². The number of carbonyl (C=O) groups is 1. The number of benzene rings is 2. The number of aromatic hydroxyl groups is 1. The molecule has 0 radical (unpaired) electrons. The molecule has 0 aliphatic rings. The summed E-state index contributed by atoms with van der Waals surface area (Å²) >= 11 is 1.50. The third-order valence-electron chi connectivity index (χ3n) is 4.73. The van der Waals surface area contributed by atoms with Crippen LogP contribution in [-0.2, 0) is 15.6 Å². The number of thioether (sulfide) groups is 1. The van der Waals surface area contributed by atoms with Gasteiger partial charge in [0.2, 0.25) is 5.91 Å². The lowest BCUT2D eigenvalue weighted by molar-refractivity contribution is -0.113. The summed E-state index contributed by atoms with van der Waals surface area (Å²) in [6.45, 7) is 16.6. The molecule has 0 aliphatic carbocycles. The number of carbonyl (C=O) groups excluding carboxylic acids is 1. The molecule has 0 spiro atoms. The van der Waals surface area contributed by atoms with E-state index in [1.54, 1.807) is 0 Å². The second-order valence-electron chi connectivity index (χ2n) is 9.52. The molecule has 3 nitrogen and oxygen atoms in total. The molecule has 4 heteroatoms. The Morgan fingerprint density at radius 3 is 1.96 bits per heavy atom. The van der Waals surface area contributed by atoms with Gasteiger partial charge in [0.25, 0.3) is 0 Å². The Labute approximate surface area is 173 Å². The number of aryl methyl sites for hydroxylation is 2. The summed E-state index contributed by atoms with van der Waals surface area (Å²) in [4.78, 5) is 13.5. The number of phenols is 1. The fraction of sp³-hybridized carbons (Fsp3) is 0.458. The number of rotatable bonds is 4. The largest absolute Gasteiger partial charge is 0.507 e. The number of hydrogen-bond acceptors (Lipinski definition) is 3. The van der Waals surface area contributed by atoms with Gasteiger partial charge in [0.15, 0.2) is 0 Å². The second-order valence-corrected chi connectivity index (χ2v) is 10.6. The zero-order valence-corrected chi connectivity index (χ0v) is 19.2. The second kappa shape index (κ2) is 8.20. The maximum absolute atomic E-state index is 12.5. The Kier molecular flexibility index (Phi) is 6.55. The normalized spacial score (nSPS) is 12.1. The number of nitrogens with one attached hydrogen (secondary N) is 1. The van der Waals surface area contributed by atoms with Crippen LogP contribution in [-0.4, -0.2) is 16.8 Å². The van der Waals surface area contributed by atoms with Crippen molar-refractivity contribution in [2.45, 2.75) is 71.1 Å². The standard InChI is InChI=1S/C24H33NO2S/c1-15-9-10-20(16(2)11-15)25-21(26)14-28-17-12-18(23(3,4)5)22(27)19(13-17)24(6,7)8/h9-13,27H,14H2,1-8H3,(H,25,26). The van der Waals surface area contributed by atoms with Crippen LogP contribution < -0.4 is 5.32 Å². The van der Waals surface area contributed by atoms with Crippen molar-refractivity contribution in [3.8, 4) is 5.75 Å². The van der Waals surface area contributed by atoms with Gasteiger partial charge in [0, 0.05) is 21.7 Å². The molecular formula is C24H33NO2S. The van der Waals surface area contributed by atoms with Crippen LogP contribution in [0, 0.1) is 13.8 Å². The van der Waals surface area contributed by atoms with Crippen molar-refractivity contribution in [3.05, 3.63) is 52.6 Å². The van der Waals surface area contributed by atoms with Crippen LogP contribution >= 0.6 is 11.8 Å². The van der Waals surface area contributed by atoms with Crippen molar-refractivity contribution in [2.75, 3.05) is 11.1 Å². The third-order valence-corrected chi connectivity index (χ3v) is 5.70. The average molecular weight is 400 g/mol. The molecule has 0 saturated heterocycles. The van der Waals surface area contributed by atoms with E-state index in [0.717, 1.165) is 27.3 Å². The molecule has 2 N–H and O–H groups in total. The summed E-state index contributed by atoms with van der Waals surface area (Å²) in [5.41, 5.74) is 4.57. The van der Waals surface area contributed by atoms with E-state index in [-0.39, 0.29) is 16.7 Å². The lowest BCUT2D eigenvalue weighted by Crippen LogP contribution is -2.18. The third kappa shape index (κ3) is 5.54. The highest BCUT2D eigenvalue weighted by Crippen LogP contribution is 2.41. The van der Waals surface area contributed by atoms with E-state index in [1.165, 1.54) is 17.3 Å². The van der Waals surface area contributed by atoms with Gasteiger partial charge in [-0.05, 0) is 48.4 Å². The Morgan fingerprint density at radius 2 is 1.50 bits per heavy atom. The van der Waals surface area contributed by atoms with Crippen LogP contribution in [0.5, 0.6) is 5.75 Å². The van der Waals surface area contributed by atoms with E-state index in [1.807, 2.05) is 38.1 Å². The first kappa shape index (κ1) is 22.4. The van der Waals surface area contributed by atoms with Gasteiger partial charge < -0.3 is 10.4 Å². The Hall–Kier alpha value is -1.94. The lowest BCUT2D eigenvalue weighted by atomic mass is 9.79. The van der Waals surface area contributed by atoms with Gasteiger partial charge in [-0.15, -0.1) is 11.8 Å². The molecule has 0 atom stereocenters. The predicted octanol–water partition coefficient (Wildman–Crippen LogP) is 6.33. The quantitative estimate of drug-likeness (QED) is 0.590. The minimum absolute atomic E-state index is 0.0281. The maximum atomic E-state index is 12.5. The monoisotopic (exact) mass is 399 g/mol. The van der Waals surface area contributed by atoms with Crippen LogP contribution in [0.3, 0.4) is 0 Å². The molecule has 0 unspecified atom stereocenters. The molecule has 2 aromatic rings. The summed E-state index contributed by atoms with van der Waals surface area (Å²) in [6, 6.07) is 10.0. The molecule has 0 bridgehead atoms. The van der Waals surface area contributed by atoms with Crippen molar-refractivity contribution in [2.24, 2.45) is 0 Å². The summed E-state index contributed by atoms with van der Waals surface area (Å²) in [7, 11) is 0. The Balaban J connectivity index is 2.22. The lowest BCUT2D eigenvalue weighted by Gasteiger charge is -2.28. The molecule has 152 valence electrons. The van der Waals surface area contributed by atoms with Crippen molar-refractivity contribution in [3.63, 3.8) is 0 Å². The molecule has 28 heavy (non-hydrogen) atoms. The van der Waals surface area contributed by atoms with Gasteiger partial charge in [-0.2, -0.15) is 0 Å². The molecule has 0 heterocycles. The van der Waals surface area contributed by atoms with Crippen LogP contribution in [0.25, 0.3) is 0 Å². The number of phenolic OH excluding ortho intramolecular Hbond substituents is 1. The molecular weight excluding hydrogens is 366 g/mol. The van der Waals surface area contributed by atoms with Gasteiger partial charge >= 0.3 is 0 Å². The Bertz CT molecular complexity index is 838. The van der Waals surface area contributed by atoms with Gasteiger partial charge in [-0.3, -0.25) is 4.79 Å². The van der Waals surface area contributed by atoms with E-state index >= 15 is 0 Å². The molecule has 0 fully saturated rings. The summed E-state index contributed by atoms with van der Waals surface area (Å²) in [5, 5.41) is 13.8. The highest BCUT2D eigenvalue weighted by Gasteiger charge is 2.26. The van der Waals surface area contributed by atoms with Crippen molar-refractivity contribution in [1.82, 2.24) is 0 Å². The first-order chi connectivity index (χ1) is 12.8. The number of amides is 1. The molecule has 0 aromatic heterocycles. The first-order valence-corrected chi connectivity index (χ1v) is 10.7. The zero-order chi connectivity index (χ0) is 21.3. The molecule has 1 amide bonds. The first-order valence-electron chi connectivity index (χ1n) is 9.67. The van der Waals surface area contributed by atoms with E-state index in [9.17, 15) is 9.90 Å². The van der Waals surface area contributed by atoms with Crippen LogP contribution in [0.15, 0.2) is 35.2 Å². The highest BCUT2D eigenvalue weighted by atomic mass is 32.2. The predicted molar refractivity (Wildman–Crippen MR) is 121 cm³/mol. The van der Waals surface area contributed by atoms with Crippen molar-refractivity contribution < 1.29 is 9.90 Å². The van der Waals surface area contributed by atoms with Crippen molar-refractivity contribution in [1.29, 1.82) is 0 Å². The van der Waals surface area contributed by atoms with E-state index in [2.05, 4.69) is 52.9 Å². The van der Waals surface area contributed by atoms with Crippen LogP contribution in [0.4, 0.5) is 5.69 Å². The molecule has 2 aromatic carbocycles. The van der Waals surface area contributed by atoms with Crippen LogP contribution in [0.1, 0.15) is 63.8 Å². The summed E-state index contributed by atoms with van der Waals surface area (Å²) < 4.78 is 0. The topological polar surface area (TPSA) is 49.3 Å². The van der Waals surface area contributed by atoms with Gasteiger partial charge in [0.1, 0.15) is 5.75 Å². The maximum Gasteiger partial charge on any atom is 0.234 e. The molecule has 0 aliphatic heterocycles. The van der Waals surface area contributed by atoms with Gasteiger partial charge in [0.05, 0.1) is 5.75 Å². The van der Waals surface area contributed by atoms with Crippen LogP contribution in [0.2, 0.25) is 0 Å². The molecule has 2 rings (SSSR count). The Morgan fingerprint density at radius 1 is 0.964 bits per heavy atom. The number of anilines is 1. The zero-order valence-electron chi connectivity index (χ0n) is 18.4. The minimum Gasteiger partial charge on any atom is -0.507 e. The number of hydrogen-bond donors (Lipinski definition) is 2. The van der Waals surface area contributed by atoms with E-state index in [0.29, 0.717) is 11.5 Å². The van der Waals surface area contributed by atoms with E-state index < -0.39 is 0 Å². The minimum atomic E-state index is -0.179. The van der Waals surface area contributed by atoms with Gasteiger partial charge in [-0.25, -0.2) is 0 Å². The fourth-order valence-corrected chi connectivity index (χ4v) is 3.90. The summed E-state index contributed by atoms with van der Waals surface area (Å²) in [5.74, 6) is 0.661. The highest BCUT2D eigenvalue weighted by molar-refractivity contribution is 8.00. The fourth-order valence-electron chi connectivity index (χ4n) is 3.12.